The molecular formula is C8H17NO7. The Balaban J connectivity index is 0. The van der Waals surface area contributed by atoms with Crippen LogP contribution in [0.5, 0.6) is 0 Å². The van der Waals surface area contributed by atoms with E-state index in [9.17, 15) is 9.59 Å². The van der Waals surface area contributed by atoms with Gasteiger partial charge in [0.25, 0.3) is 0 Å². The van der Waals surface area contributed by atoms with Crippen molar-refractivity contribution in [2.75, 3.05) is 26.4 Å². The maximum Gasteiger partial charge on any atom is 0.325 e. The summed E-state index contributed by atoms with van der Waals surface area (Å²) in [6.07, 6.45) is 0. The molecule has 16 heavy (non-hydrogen) atoms. The van der Waals surface area contributed by atoms with Crippen LogP contribution < -0.4 is 5.64 Å². The quantitative estimate of drug-likeness (QED) is 0.380. The van der Waals surface area contributed by atoms with Crippen molar-refractivity contribution >= 4 is 11.9 Å². The topological polar surface area (TPSA) is 114 Å². The molecule has 0 aromatic rings. The summed E-state index contributed by atoms with van der Waals surface area (Å²) in [5.74, 6) is -1.15. The van der Waals surface area contributed by atoms with Gasteiger partial charge in [-0.1, -0.05) is 0 Å². The van der Waals surface area contributed by atoms with Crippen LogP contribution in [0.1, 0.15) is 13.8 Å². The summed E-state index contributed by atoms with van der Waals surface area (Å²) in [5, 5.41) is 16.2. The zero-order valence-electron chi connectivity index (χ0n) is 9.26. The standard InChI is InChI=1S/C4H7NO4.C4H10O3/c1-3(6)8-5-9-4(2)7;5-1-3-7-4-2-6/h5H,1-2H3;5-6H,1-4H2. The van der Waals surface area contributed by atoms with E-state index in [0.717, 1.165) is 0 Å². The van der Waals surface area contributed by atoms with Gasteiger partial charge in [-0.05, 0) is 0 Å². The lowest BCUT2D eigenvalue weighted by molar-refractivity contribution is -0.195. The summed E-state index contributed by atoms with van der Waals surface area (Å²) >= 11 is 0. The SMILES string of the molecule is CC(=O)ONOC(C)=O.OCCOCCO. The molecule has 96 valence electrons. The van der Waals surface area contributed by atoms with Gasteiger partial charge < -0.3 is 24.6 Å². The minimum Gasteiger partial charge on any atom is -0.394 e. The lowest BCUT2D eigenvalue weighted by Gasteiger charge is -1.98. The maximum absolute atomic E-state index is 9.95. The fourth-order valence-electron chi connectivity index (χ4n) is 0.369. The molecule has 0 fully saturated rings. The molecule has 0 rings (SSSR count). The van der Waals surface area contributed by atoms with Crippen LogP contribution in [0.25, 0.3) is 0 Å². The molecule has 0 amide bonds. The Kier molecular flexibility index (Phi) is 14.8. The van der Waals surface area contributed by atoms with Gasteiger partial charge in [0.05, 0.1) is 26.4 Å². The second kappa shape index (κ2) is 13.8. The third-order valence-electron chi connectivity index (χ3n) is 0.842. The summed E-state index contributed by atoms with van der Waals surface area (Å²) in [6.45, 7) is 3.05. The molecule has 0 saturated heterocycles. The van der Waals surface area contributed by atoms with Crippen LogP contribution >= 0.6 is 0 Å². The van der Waals surface area contributed by atoms with Crippen LogP contribution in [-0.2, 0) is 24.0 Å². The third-order valence-corrected chi connectivity index (χ3v) is 0.842. The molecular weight excluding hydrogens is 222 g/mol. The molecule has 0 bridgehead atoms. The van der Waals surface area contributed by atoms with Gasteiger partial charge in [0.2, 0.25) is 0 Å². The van der Waals surface area contributed by atoms with Crippen LogP contribution in [-0.4, -0.2) is 48.6 Å². The highest BCUT2D eigenvalue weighted by molar-refractivity contribution is 5.66. The Labute approximate surface area is 93.0 Å². The third kappa shape index (κ3) is 23.0. The maximum atomic E-state index is 9.95. The Morgan fingerprint density at radius 3 is 1.62 bits per heavy atom. The molecule has 0 heterocycles. The lowest BCUT2D eigenvalue weighted by atomic mass is 10.7. The summed E-state index contributed by atoms with van der Waals surface area (Å²) in [6, 6.07) is 0. The number of carbonyl (C=O) groups is 2. The molecule has 8 heteroatoms. The summed E-state index contributed by atoms with van der Waals surface area (Å²) in [7, 11) is 0. The zero-order chi connectivity index (χ0) is 12.8. The van der Waals surface area contributed by atoms with Crippen LogP contribution in [0, 0.1) is 0 Å². The van der Waals surface area contributed by atoms with Crippen molar-refractivity contribution in [1.82, 2.24) is 5.64 Å². The molecule has 0 spiro atoms. The first-order valence-corrected chi connectivity index (χ1v) is 4.43. The molecule has 8 nitrogen and oxygen atoms in total. The number of carbonyl (C=O) groups excluding carboxylic acids is 2. The van der Waals surface area contributed by atoms with E-state index in [1.807, 2.05) is 0 Å². The van der Waals surface area contributed by atoms with Gasteiger partial charge in [0.1, 0.15) is 0 Å². The van der Waals surface area contributed by atoms with E-state index in [0.29, 0.717) is 13.2 Å². The second-order valence-corrected chi connectivity index (χ2v) is 2.33. The molecule has 0 radical (unpaired) electrons. The van der Waals surface area contributed by atoms with Crippen molar-refractivity contribution in [3.63, 3.8) is 0 Å². The first-order valence-electron chi connectivity index (χ1n) is 4.43. The number of hydrogen-bond acceptors (Lipinski definition) is 8. The van der Waals surface area contributed by atoms with Gasteiger partial charge in [-0.3, -0.25) is 9.59 Å². The largest absolute Gasteiger partial charge is 0.394 e. The van der Waals surface area contributed by atoms with Crippen LogP contribution in [0.15, 0.2) is 0 Å². The number of rotatable bonds is 6. The molecule has 0 aliphatic carbocycles. The van der Waals surface area contributed by atoms with Crippen molar-refractivity contribution in [3.05, 3.63) is 0 Å². The average molecular weight is 239 g/mol. The Bertz CT molecular complexity index is 167. The van der Waals surface area contributed by atoms with Crippen molar-refractivity contribution in [2.45, 2.75) is 13.8 Å². The lowest BCUT2D eigenvalue weighted by Crippen LogP contribution is -2.20. The van der Waals surface area contributed by atoms with Gasteiger partial charge in [0.15, 0.2) is 0 Å². The van der Waals surface area contributed by atoms with Gasteiger partial charge in [-0.15, -0.1) is 0 Å². The van der Waals surface area contributed by atoms with Crippen molar-refractivity contribution in [3.8, 4) is 0 Å². The highest BCUT2D eigenvalue weighted by Crippen LogP contribution is 1.71. The average Bonchev–Trinajstić information content (AvgIpc) is 2.18. The second-order valence-electron chi connectivity index (χ2n) is 2.33. The van der Waals surface area contributed by atoms with Crippen molar-refractivity contribution in [1.29, 1.82) is 0 Å². The number of aliphatic hydroxyl groups excluding tert-OH is 2. The highest BCUT2D eigenvalue weighted by atomic mass is 16.9. The van der Waals surface area contributed by atoms with Crippen molar-refractivity contribution < 1.29 is 34.2 Å². The number of aliphatic hydroxyl groups is 2. The predicted octanol–water partition coefficient (Wildman–Crippen LogP) is -1.48. The first kappa shape index (κ1) is 17.2. The number of ether oxygens (including phenoxy) is 1. The van der Waals surface area contributed by atoms with Gasteiger partial charge in [-0.2, -0.15) is 0 Å². The van der Waals surface area contributed by atoms with Crippen LogP contribution in [0.3, 0.4) is 0 Å². The van der Waals surface area contributed by atoms with E-state index in [1.165, 1.54) is 13.8 Å². The Morgan fingerprint density at radius 1 is 1.00 bits per heavy atom. The van der Waals surface area contributed by atoms with Crippen LogP contribution in [0.2, 0.25) is 0 Å². The molecule has 0 saturated carbocycles. The zero-order valence-corrected chi connectivity index (χ0v) is 9.26. The van der Waals surface area contributed by atoms with E-state index >= 15 is 0 Å². The van der Waals surface area contributed by atoms with E-state index in [4.69, 9.17) is 10.2 Å². The van der Waals surface area contributed by atoms with Gasteiger partial charge >= 0.3 is 11.9 Å². The van der Waals surface area contributed by atoms with E-state index in [1.54, 1.807) is 5.64 Å². The van der Waals surface area contributed by atoms with Gasteiger partial charge in [-0.25, -0.2) is 0 Å². The molecule has 0 aromatic carbocycles. The van der Waals surface area contributed by atoms with E-state index in [-0.39, 0.29) is 13.2 Å². The van der Waals surface area contributed by atoms with Crippen molar-refractivity contribution in [2.24, 2.45) is 0 Å². The van der Waals surface area contributed by atoms with Crippen LogP contribution in [0.4, 0.5) is 0 Å². The smallest absolute Gasteiger partial charge is 0.325 e. The number of nitrogens with one attached hydrogen (secondary N) is 1. The first-order chi connectivity index (χ1) is 7.54. The molecule has 0 atom stereocenters. The van der Waals surface area contributed by atoms with E-state index in [2.05, 4.69) is 14.4 Å². The molecule has 0 aliphatic heterocycles. The minimum absolute atomic E-state index is 0.0278. The predicted molar refractivity (Wildman–Crippen MR) is 51.7 cm³/mol. The highest BCUT2D eigenvalue weighted by Gasteiger charge is 1.92. The fourth-order valence-corrected chi connectivity index (χ4v) is 0.369. The number of hydrogen-bond donors (Lipinski definition) is 3. The minimum atomic E-state index is -0.573. The molecule has 0 unspecified atom stereocenters. The Hall–Kier alpha value is -1.22. The summed E-state index contributed by atoms with van der Waals surface area (Å²) < 4.78 is 4.63. The molecule has 3 N–H and O–H groups in total. The molecule has 0 aromatic heterocycles. The normalized spacial score (nSPS) is 8.75. The monoisotopic (exact) mass is 239 g/mol. The molecule has 0 aliphatic rings. The Morgan fingerprint density at radius 2 is 1.38 bits per heavy atom. The fraction of sp³-hybridized carbons (Fsp3) is 0.750. The summed E-state index contributed by atoms with van der Waals surface area (Å²) in [5.41, 5.74) is 1.69. The van der Waals surface area contributed by atoms with Gasteiger partial charge in [0, 0.05) is 19.5 Å². The summed E-state index contributed by atoms with van der Waals surface area (Å²) in [4.78, 5) is 27.9. The van der Waals surface area contributed by atoms with E-state index < -0.39 is 11.9 Å².